The summed E-state index contributed by atoms with van der Waals surface area (Å²) in [5, 5.41) is 2.07. The summed E-state index contributed by atoms with van der Waals surface area (Å²) < 4.78 is 11.4. The molecule has 0 aliphatic rings. The van der Waals surface area contributed by atoms with Gasteiger partial charge in [-0.05, 0) is 37.4 Å². The molecule has 0 saturated carbocycles. The fraction of sp³-hybridized carbons (Fsp3) is 0.333. The lowest BCUT2D eigenvalue weighted by Crippen LogP contribution is -2.09. The standard InChI is InChI=1S/C15H19NO2S/c1-11(2)18-14-7-3-6-13(15(14)16)17-9-8-12-5-4-10-19-12/h3-7,10-11H,8-9,16H2,1-2H3. The molecule has 1 heterocycles. The quantitative estimate of drug-likeness (QED) is 0.818. The van der Waals surface area contributed by atoms with Crippen molar-refractivity contribution in [2.75, 3.05) is 12.3 Å². The molecule has 0 bridgehead atoms. The summed E-state index contributed by atoms with van der Waals surface area (Å²) in [6, 6.07) is 9.79. The van der Waals surface area contributed by atoms with Gasteiger partial charge in [0.25, 0.3) is 0 Å². The van der Waals surface area contributed by atoms with E-state index in [1.54, 1.807) is 11.3 Å². The zero-order valence-corrected chi connectivity index (χ0v) is 12.1. The monoisotopic (exact) mass is 277 g/mol. The zero-order valence-electron chi connectivity index (χ0n) is 11.3. The van der Waals surface area contributed by atoms with Crippen LogP contribution in [0.4, 0.5) is 5.69 Å². The van der Waals surface area contributed by atoms with Gasteiger partial charge in [0.2, 0.25) is 0 Å². The Morgan fingerprint density at radius 1 is 1.16 bits per heavy atom. The molecule has 2 aromatic rings. The van der Waals surface area contributed by atoms with E-state index < -0.39 is 0 Å². The molecule has 0 aliphatic carbocycles. The van der Waals surface area contributed by atoms with Crippen molar-refractivity contribution in [1.29, 1.82) is 0 Å². The molecule has 0 spiro atoms. The van der Waals surface area contributed by atoms with Crippen molar-refractivity contribution < 1.29 is 9.47 Å². The maximum absolute atomic E-state index is 6.04. The molecule has 0 unspecified atom stereocenters. The third kappa shape index (κ3) is 3.89. The van der Waals surface area contributed by atoms with Gasteiger partial charge in [-0.3, -0.25) is 0 Å². The number of hydrogen-bond acceptors (Lipinski definition) is 4. The van der Waals surface area contributed by atoms with Gasteiger partial charge in [-0.1, -0.05) is 12.1 Å². The van der Waals surface area contributed by atoms with E-state index in [1.807, 2.05) is 38.1 Å². The summed E-state index contributed by atoms with van der Waals surface area (Å²) in [5.74, 6) is 1.37. The largest absolute Gasteiger partial charge is 0.491 e. The number of para-hydroxylation sites is 1. The van der Waals surface area contributed by atoms with E-state index in [0.717, 1.165) is 6.42 Å². The van der Waals surface area contributed by atoms with E-state index >= 15 is 0 Å². The van der Waals surface area contributed by atoms with Crippen LogP contribution in [0.15, 0.2) is 35.7 Å². The third-order valence-electron chi connectivity index (χ3n) is 2.57. The summed E-state index contributed by atoms with van der Waals surface area (Å²) in [7, 11) is 0. The summed E-state index contributed by atoms with van der Waals surface area (Å²) in [5.41, 5.74) is 6.62. The average Bonchev–Trinajstić information content (AvgIpc) is 2.86. The molecule has 2 N–H and O–H groups in total. The number of nitrogen functional groups attached to an aromatic ring is 1. The van der Waals surface area contributed by atoms with Crippen molar-refractivity contribution in [1.82, 2.24) is 0 Å². The summed E-state index contributed by atoms with van der Waals surface area (Å²) in [6.07, 6.45) is 0.996. The van der Waals surface area contributed by atoms with Gasteiger partial charge in [0, 0.05) is 11.3 Å². The first kappa shape index (κ1) is 13.7. The van der Waals surface area contributed by atoms with Gasteiger partial charge in [0.15, 0.2) is 0 Å². The van der Waals surface area contributed by atoms with Crippen molar-refractivity contribution in [3.05, 3.63) is 40.6 Å². The molecule has 102 valence electrons. The number of thiophene rings is 1. The fourth-order valence-corrected chi connectivity index (χ4v) is 2.41. The van der Waals surface area contributed by atoms with Gasteiger partial charge in [0.05, 0.1) is 12.7 Å². The van der Waals surface area contributed by atoms with E-state index in [2.05, 4.69) is 11.4 Å². The highest BCUT2D eigenvalue weighted by Crippen LogP contribution is 2.32. The van der Waals surface area contributed by atoms with E-state index in [0.29, 0.717) is 23.8 Å². The zero-order chi connectivity index (χ0) is 13.7. The van der Waals surface area contributed by atoms with E-state index in [1.165, 1.54) is 4.88 Å². The Hall–Kier alpha value is -1.68. The molecule has 0 amide bonds. The van der Waals surface area contributed by atoms with Crippen LogP contribution in [0.5, 0.6) is 11.5 Å². The molecule has 0 fully saturated rings. The highest BCUT2D eigenvalue weighted by atomic mass is 32.1. The highest BCUT2D eigenvalue weighted by molar-refractivity contribution is 7.09. The molecule has 1 aromatic heterocycles. The predicted molar refractivity (Wildman–Crippen MR) is 80.1 cm³/mol. The second kappa shape index (κ2) is 6.48. The van der Waals surface area contributed by atoms with Crippen molar-refractivity contribution >= 4 is 17.0 Å². The first-order valence-electron chi connectivity index (χ1n) is 6.37. The molecule has 2 rings (SSSR count). The number of hydrogen-bond donors (Lipinski definition) is 1. The first-order valence-corrected chi connectivity index (χ1v) is 7.25. The second-order valence-electron chi connectivity index (χ2n) is 4.51. The van der Waals surface area contributed by atoms with E-state index in [-0.39, 0.29) is 6.10 Å². The molecule has 19 heavy (non-hydrogen) atoms. The summed E-state index contributed by atoms with van der Waals surface area (Å²) >= 11 is 1.74. The Labute approximate surface area is 118 Å². The molecular weight excluding hydrogens is 258 g/mol. The average molecular weight is 277 g/mol. The maximum Gasteiger partial charge on any atom is 0.146 e. The minimum absolute atomic E-state index is 0.101. The molecule has 1 aromatic carbocycles. The van der Waals surface area contributed by atoms with Crippen LogP contribution in [0.1, 0.15) is 18.7 Å². The Balaban J connectivity index is 1.96. The Kier molecular flexibility index (Phi) is 4.68. The Bertz CT molecular complexity index is 509. The molecule has 0 atom stereocenters. The summed E-state index contributed by atoms with van der Waals surface area (Å²) in [6.45, 7) is 4.57. The van der Waals surface area contributed by atoms with Crippen LogP contribution in [-0.4, -0.2) is 12.7 Å². The Morgan fingerprint density at radius 2 is 1.95 bits per heavy atom. The van der Waals surface area contributed by atoms with Crippen LogP contribution in [-0.2, 0) is 6.42 Å². The van der Waals surface area contributed by atoms with Crippen LogP contribution in [0.2, 0.25) is 0 Å². The minimum Gasteiger partial charge on any atom is -0.491 e. The predicted octanol–water partition coefficient (Wildman–Crippen LogP) is 3.74. The van der Waals surface area contributed by atoms with Crippen LogP contribution in [0, 0.1) is 0 Å². The molecule has 0 aliphatic heterocycles. The lowest BCUT2D eigenvalue weighted by Gasteiger charge is -2.15. The van der Waals surface area contributed by atoms with Crippen molar-refractivity contribution in [2.45, 2.75) is 26.4 Å². The van der Waals surface area contributed by atoms with Gasteiger partial charge in [-0.15, -0.1) is 11.3 Å². The summed E-state index contributed by atoms with van der Waals surface area (Å²) in [4.78, 5) is 1.31. The second-order valence-corrected chi connectivity index (χ2v) is 5.54. The van der Waals surface area contributed by atoms with E-state index in [9.17, 15) is 0 Å². The van der Waals surface area contributed by atoms with Crippen LogP contribution < -0.4 is 15.2 Å². The minimum atomic E-state index is 0.101. The normalized spacial score (nSPS) is 10.7. The number of benzene rings is 1. The molecule has 0 saturated heterocycles. The SMILES string of the molecule is CC(C)Oc1cccc(OCCc2cccs2)c1N. The topological polar surface area (TPSA) is 44.5 Å². The maximum atomic E-state index is 6.04. The van der Waals surface area contributed by atoms with Crippen molar-refractivity contribution in [3.8, 4) is 11.5 Å². The van der Waals surface area contributed by atoms with Gasteiger partial charge >= 0.3 is 0 Å². The smallest absolute Gasteiger partial charge is 0.146 e. The van der Waals surface area contributed by atoms with Gasteiger partial charge in [-0.2, -0.15) is 0 Å². The van der Waals surface area contributed by atoms with Gasteiger partial charge in [0.1, 0.15) is 17.2 Å². The number of anilines is 1. The molecule has 4 heteroatoms. The number of ether oxygens (including phenoxy) is 2. The van der Waals surface area contributed by atoms with E-state index in [4.69, 9.17) is 15.2 Å². The first-order chi connectivity index (χ1) is 9.16. The van der Waals surface area contributed by atoms with Crippen molar-refractivity contribution in [2.24, 2.45) is 0 Å². The molecule has 0 radical (unpaired) electrons. The van der Waals surface area contributed by atoms with Crippen LogP contribution >= 0.6 is 11.3 Å². The van der Waals surface area contributed by atoms with Crippen LogP contribution in [0.3, 0.4) is 0 Å². The van der Waals surface area contributed by atoms with Gasteiger partial charge in [-0.25, -0.2) is 0 Å². The van der Waals surface area contributed by atoms with Crippen LogP contribution in [0.25, 0.3) is 0 Å². The van der Waals surface area contributed by atoms with Gasteiger partial charge < -0.3 is 15.2 Å². The Morgan fingerprint density at radius 3 is 2.63 bits per heavy atom. The fourth-order valence-electron chi connectivity index (χ4n) is 1.72. The number of rotatable bonds is 6. The lowest BCUT2D eigenvalue weighted by molar-refractivity contribution is 0.242. The number of nitrogens with two attached hydrogens (primary N) is 1. The van der Waals surface area contributed by atoms with Crippen molar-refractivity contribution in [3.63, 3.8) is 0 Å². The molecule has 3 nitrogen and oxygen atoms in total. The molecular formula is C15H19NO2S. The third-order valence-corrected chi connectivity index (χ3v) is 3.51. The highest BCUT2D eigenvalue weighted by Gasteiger charge is 2.08. The lowest BCUT2D eigenvalue weighted by atomic mass is 10.2.